The van der Waals surface area contributed by atoms with Crippen molar-refractivity contribution in [1.29, 1.82) is 0 Å². The highest BCUT2D eigenvalue weighted by atomic mass is 127. The molecule has 2 rings (SSSR count). The molecule has 3 heteroatoms. The third-order valence-corrected chi connectivity index (χ3v) is 4.12. The van der Waals surface area contributed by atoms with Crippen LogP contribution in [-0.4, -0.2) is 10.2 Å². The second-order valence-electron chi connectivity index (χ2n) is 4.84. The summed E-state index contributed by atoms with van der Waals surface area (Å²) in [7, 11) is 0. The zero-order valence-electron chi connectivity index (χ0n) is 10.3. The van der Waals surface area contributed by atoms with Crippen LogP contribution in [0.2, 0.25) is 0 Å². The van der Waals surface area contributed by atoms with Gasteiger partial charge in [-0.2, -0.15) is 0 Å². The van der Waals surface area contributed by atoms with Crippen molar-refractivity contribution in [3.05, 3.63) is 57.2 Å². The Labute approximate surface area is 120 Å². The van der Waals surface area contributed by atoms with Crippen LogP contribution in [0.25, 0.3) is 0 Å². The van der Waals surface area contributed by atoms with Gasteiger partial charge in [-0.05, 0) is 58.0 Å². The lowest BCUT2D eigenvalue weighted by Gasteiger charge is -2.26. The summed E-state index contributed by atoms with van der Waals surface area (Å²) in [4.78, 5) is 0. The number of hydrogen-bond donors (Lipinski definition) is 2. The third-order valence-electron chi connectivity index (χ3n) is 3.26. The van der Waals surface area contributed by atoms with Gasteiger partial charge < -0.3 is 10.2 Å². The Morgan fingerprint density at radius 3 is 2.00 bits per heavy atom. The highest BCUT2D eigenvalue weighted by Crippen LogP contribution is 2.34. The van der Waals surface area contributed by atoms with Crippen molar-refractivity contribution in [3.63, 3.8) is 0 Å². The maximum absolute atomic E-state index is 9.58. The number of rotatable bonds is 2. The van der Waals surface area contributed by atoms with Crippen LogP contribution >= 0.6 is 22.6 Å². The van der Waals surface area contributed by atoms with Crippen LogP contribution in [0.5, 0.6) is 11.5 Å². The lowest BCUT2D eigenvalue weighted by atomic mass is 9.78. The minimum Gasteiger partial charge on any atom is -0.508 e. The standard InChI is InChI=1S/C15H15IO2/c1-15(2,10-3-6-12(17)7-4-10)11-5-8-14(18)13(16)9-11/h3-9,17-18H,1-2H3. The summed E-state index contributed by atoms with van der Waals surface area (Å²) in [6.45, 7) is 4.25. The van der Waals surface area contributed by atoms with Crippen molar-refractivity contribution in [2.45, 2.75) is 19.3 Å². The first-order chi connectivity index (χ1) is 8.41. The number of phenolic OH excluding ortho intramolecular Hbond substituents is 2. The number of halogens is 1. The minimum absolute atomic E-state index is 0.165. The van der Waals surface area contributed by atoms with Crippen LogP contribution in [0.15, 0.2) is 42.5 Å². The molecule has 2 nitrogen and oxygen atoms in total. The van der Waals surface area contributed by atoms with Gasteiger partial charge in [-0.15, -0.1) is 0 Å². The van der Waals surface area contributed by atoms with Crippen molar-refractivity contribution in [2.75, 3.05) is 0 Å². The molecule has 94 valence electrons. The van der Waals surface area contributed by atoms with Crippen LogP contribution in [-0.2, 0) is 5.41 Å². The lowest BCUT2D eigenvalue weighted by molar-refractivity contribution is 0.470. The van der Waals surface area contributed by atoms with Crippen molar-refractivity contribution in [2.24, 2.45) is 0 Å². The quantitative estimate of drug-likeness (QED) is 0.800. The Morgan fingerprint density at radius 1 is 0.889 bits per heavy atom. The van der Waals surface area contributed by atoms with Crippen molar-refractivity contribution >= 4 is 22.6 Å². The molecule has 0 amide bonds. The van der Waals surface area contributed by atoms with Crippen LogP contribution in [0.1, 0.15) is 25.0 Å². The first kappa shape index (κ1) is 13.2. The summed E-state index contributed by atoms with van der Waals surface area (Å²) >= 11 is 2.12. The summed E-state index contributed by atoms with van der Waals surface area (Å²) in [5, 5.41) is 18.9. The highest BCUT2D eigenvalue weighted by molar-refractivity contribution is 14.1. The van der Waals surface area contributed by atoms with E-state index in [2.05, 4.69) is 36.4 Å². The highest BCUT2D eigenvalue weighted by Gasteiger charge is 2.23. The first-order valence-electron chi connectivity index (χ1n) is 5.70. The van der Waals surface area contributed by atoms with Crippen LogP contribution in [0.4, 0.5) is 0 Å². The fourth-order valence-corrected chi connectivity index (χ4v) is 2.46. The summed E-state index contributed by atoms with van der Waals surface area (Å²) in [5.74, 6) is 0.579. The van der Waals surface area contributed by atoms with E-state index >= 15 is 0 Å². The van der Waals surface area contributed by atoms with Crippen molar-refractivity contribution in [1.82, 2.24) is 0 Å². The Morgan fingerprint density at radius 2 is 1.44 bits per heavy atom. The van der Waals surface area contributed by atoms with Gasteiger partial charge in [0.2, 0.25) is 0 Å². The predicted molar refractivity (Wildman–Crippen MR) is 81.1 cm³/mol. The van der Waals surface area contributed by atoms with Gasteiger partial charge in [-0.3, -0.25) is 0 Å². The molecule has 0 atom stereocenters. The molecule has 2 aromatic rings. The average molecular weight is 354 g/mol. The van der Waals surface area contributed by atoms with Crippen molar-refractivity contribution < 1.29 is 10.2 Å². The monoisotopic (exact) mass is 354 g/mol. The molecule has 0 saturated carbocycles. The number of phenols is 2. The normalized spacial score (nSPS) is 11.5. The van der Waals surface area contributed by atoms with Gasteiger partial charge in [0.05, 0.1) is 3.57 Å². The fourth-order valence-electron chi connectivity index (χ4n) is 1.94. The largest absolute Gasteiger partial charge is 0.508 e. The molecule has 0 spiro atoms. The molecule has 0 aliphatic carbocycles. The molecule has 0 saturated heterocycles. The van der Waals surface area contributed by atoms with E-state index < -0.39 is 0 Å². The second kappa shape index (κ2) is 4.80. The molecule has 0 aliphatic heterocycles. The summed E-state index contributed by atoms with van der Waals surface area (Å²) in [5.41, 5.74) is 2.10. The van der Waals surface area contributed by atoms with E-state index in [1.165, 1.54) is 0 Å². The fraction of sp³-hybridized carbons (Fsp3) is 0.200. The lowest BCUT2D eigenvalue weighted by Crippen LogP contribution is -2.18. The van der Waals surface area contributed by atoms with Crippen LogP contribution in [0, 0.1) is 3.57 Å². The third kappa shape index (κ3) is 2.46. The maximum Gasteiger partial charge on any atom is 0.128 e. The molecule has 0 bridgehead atoms. The molecule has 18 heavy (non-hydrogen) atoms. The van der Waals surface area contributed by atoms with Gasteiger partial charge in [0, 0.05) is 5.41 Å². The summed E-state index contributed by atoms with van der Waals surface area (Å²) in [6.07, 6.45) is 0. The van der Waals surface area contributed by atoms with E-state index in [-0.39, 0.29) is 11.2 Å². The number of hydrogen-bond acceptors (Lipinski definition) is 2. The molecule has 0 aliphatic rings. The van der Waals surface area contributed by atoms with Gasteiger partial charge in [0.25, 0.3) is 0 Å². The molecular formula is C15H15IO2. The summed E-state index contributed by atoms with van der Waals surface area (Å²) < 4.78 is 0.844. The zero-order valence-corrected chi connectivity index (χ0v) is 12.5. The average Bonchev–Trinajstić information content (AvgIpc) is 2.33. The molecule has 2 aromatic carbocycles. The molecule has 0 heterocycles. The van der Waals surface area contributed by atoms with Crippen LogP contribution < -0.4 is 0 Å². The number of aromatic hydroxyl groups is 2. The Kier molecular flexibility index (Phi) is 3.52. The second-order valence-corrected chi connectivity index (χ2v) is 6.00. The van der Waals surface area contributed by atoms with Gasteiger partial charge in [-0.25, -0.2) is 0 Å². The van der Waals surface area contributed by atoms with Crippen molar-refractivity contribution in [3.8, 4) is 11.5 Å². The van der Waals surface area contributed by atoms with E-state index in [4.69, 9.17) is 0 Å². The molecule has 0 fully saturated rings. The van der Waals surface area contributed by atoms with Crippen LogP contribution in [0.3, 0.4) is 0 Å². The van der Waals surface area contributed by atoms with Gasteiger partial charge >= 0.3 is 0 Å². The van der Waals surface area contributed by atoms with Gasteiger partial charge in [0.15, 0.2) is 0 Å². The van der Waals surface area contributed by atoms with E-state index in [9.17, 15) is 10.2 Å². The predicted octanol–water partition coefficient (Wildman–Crippen LogP) is 4.03. The molecule has 0 radical (unpaired) electrons. The topological polar surface area (TPSA) is 40.5 Å². The molecule has 0 aromatic heterocycles. The number of benzene rings is 2. The molecule has 2 N–H and O–H groups in total. The Bertz CT molecular complexity index is 559. The van der Waals surface area contributed by atoms with E-state index in [1.54, 1.807) is 18.2 Å². The summed E-state index contributed by atoms with van der Waals surface area (Å²) in [6, 6.07) is 12.9. The smallest absolute Gasteiger partial charge is 0.128 e. The maximum atomic E-state index is 9.58. The van der Waals surface area contributed by atoms with E-state index in [1.807, 2.05) is 24.3 Å². The minimum atomic E-state index is -0.165. The van der Waals surface area contributed by atoms with Gasteiger partial charge in [0.1, 0.15) is 11.5 Å². The molecular weight excluding hydrogens is 339 g/mol. The molecule has 0 unspecified atom stereocenters. The van der Waals surface area contributed by atoms with E-state index in [0.717, 1.165) is 14.7 Å². The first-order valence-corrected chi connectivity index (χ1v) is 6.77. The Balaban J connectivity index is 2.46. The SMILES string of the molecule is CC(C)(c1ccc(O)cc1)c1ccc(O)c(I)c1. The van der Waals surface area contributed by atoms with Gasteiger partial charge in [-0.1, -0.05) is 32.0 Å². The van der Waals surface area contributed by atoms with E-state index in [0.29, 0.717) is 5.75 Å². The zero-order chi connectivity index (χ0) is 13.3. The Hall–Kier alpha value is -1.23.